The predicted octanol–water partition coefficient (Wildman–Crippen LogP) is 8.13. The van der Waals surface area contributed by atoms with Crippen LogP contribution in [0, 0.1) is 27.7 Å². The molecule has 0 fully saturated rings. The Balaban J connectivity index is 1.93. The average Bonchev–Trinajstić information content (AvgIpc) is 2.91. The Labute approximate surface area is 226 Å². The van der Waals surface area contributed by atoms with Crippen LogP contribution in [0.5, 0.6) is 11.5 Å². The summed E-state index contributed by atoms with van der Waals surface area (Å²) in [6.07, 6.45) is 0. The summed E-state index contributed by atoms with van der Waals surface area (Å²) in [5.41, 5.74) is 8.76. The fraction of sp³-hybridized carbons (Fsp3) is 0.235. The smallest absolute Gasteiger partial charge is 0.127 e. The zero-order valence-corrected chi connectivity index (χ0v) is 23.0. The Hall–Kier alpha value is -4.18. The van der Waals surface area contributed by atoms with E-state index in [0.717, 1.165) is 55.9 Å². The Bertz CT molecular complexity index is 1370. The van der Waals surface area contributed by atoms with Crippen LogP contribution in [0.15, 0.2) is 94.9 Å². The van der Waals surface area contributed by atoms with Gasteiger partial charge in [0.25, 0.3) is 0 Å². The number of rotatable bonds is 7. The van der Waals surface area contributed by atoms with E-state index in [2.05, 4.69) is 24.3 Å². The number of aliphatic imine (C=N–C) groups is 2. The van der Waals surface area contributed by atoms with Crippen LogP contribution in [-0.2, 0) is 0 Å². The van der Waals surface area contributed by atoms with E-state index in [9.17, 15) is 10.2 Å². The first-order valence-corrected chi connectivity index (χ1v) is 13.0. The molecule has 38 heavy (non-hydrogen) atoms. The molecule has 4 heteroatoms. The third kappa shape index (κ3) is 5.86. The van der Waals surface area contributed by atoms with E-state index in [1.165, 1.54) is 0 Å². The van der Waals surface area contributed by atoms with E-state index < -0.39 is 0 Å². The maximum absolute atomic E-state index is 10.9. The molecule has 2 atom stereocenters. The van der Waals surface area contributed by atoms with Gasteiger partial charge < -0.3 is 10.2 Å². The van der Waals surface area contributed by atoms with Crippen molar-refractivity contribution in [3.8, 4) is 11.5 Å². The first kappa shape index (κ1) is 26.9. The fourth-order valence-electron chi connectivity index (χ4n) is 4.98. The summed E-state index contributed by atoms with van der Waals surface area (Å²) in [5, 5.41) is 21.7. The van der Waals surface area contributed by atoms with E-state index >= 15 is 0 Å². The molecule has 0 heterocycles. The van der Waals surface area contributed by atoms with Crippen molar-refractivity contribution in [2.45, 2.75) is 53.6 Å². The first-order chi connectivity index (χ1) is 18.2. The molecule has 4 nitrogen and oxygen atoms in total. The van der Waals surface area contributed by atoms with Gasteiger partial charge in [-0.3, -0.25) is 9.98 Å². The predicted molar refractivity (Wildman–Crippen MR) is 158 cm³/mol. The molecule has 0 amide bonds. The number of hydrogen-bond donors (Lipinski definition) is 2. The number of benzene rings is 4. The van der Waals surface area contributed by atoms with E-state index in [0.29, 0.717) is 0 Å². The zero-order valence-electron chi connectivity index (χ0n) is 23.0. The van der Waals surface area contributed by atoms with Gasteiger partial charge in [0.1, 0.15) is 23.6 Å². The van der Waals surface area contributed by atoms with Crippen molar-refractivity contribution in [2.24, 2.45) is 9.98 Å². The number of nitrogens with zero attached hydrogens (tertiary/aromatic N) is 2. The van der Waals surface area contributed by atoms with Crippen LogP contribution in [0.25, 0.3) is 0 Å². The molecule has 0 saturated carbocycles. The highest BCUT2D eigenvalue weighted by Gasteiger charge is 2.26. The highest BCUT2D eigenvalue weighted by Crippen LogP contribution is 2.38. The van der Waals surface area contributed by atoms with Gasteiger partial charge in [0.2, 0.25) is 0 Å². The van der Waals surface area contributed by atoms with Crippen molar-refractivity contribution in [3.05, 3.63) is 129 Å². The Morgan fingerprint density at radius 3 is 1.24 bits per heavy atom. The number of phenols is 2. The van der Waals surface area contributed by atoms with E-state index in [1.807, 2.05) is 102 Å². The highest BCUT2D eigenvalue weighted by atomic mass is 16.3. The van der Waals surface area contributed by atoms with Gasteiger partial charge in [-0.05, 0) is 87.1 Å². The maximum Gasteiger partial charge on any atom is 0.127 e. The third-order valence-corrected chi connectivity index (χ3v) is 6.92. The molecular weight excluding hydrogens is 468 g/mol. The summed E-state index contributed by atoms with van der Waals surface area (Å²) in [6, 6.07) is 27.5. The van der Waals surface area contributed by atoms with Gasteiger partial charge in [-0.1, -0.05) is 72.8 Å². The van der Waals surface area contributed by atoms with Gasteiger partial charge in [0.15, 0.2) is 0 Å². The van der Waals surface area contributed by atoms with Crippen molar-refractivity contribution in [1.82, 2.24) is 0 Å². The number of aromatic hydroxyl groups is 2. The molecule has 0 spiro atoms. The van der Waals surface area contributed by atoms with Gasteiger partial charge in [0.05, 0.1) is 0 Å². The van der Waals surface area contributed by atoms with Crippen LogP contribution < -0.4 is 0 Å². The minimum absolute atomic E-state index is 0.250. The van der Waals surface area contributed by atoms with Gasteiger partial charge >= 0.3 is 0 Å². The highest BCUT2D eigenvalue weighted by molar-refractivity contribution is 6.02. The average molecular weight is 505 g/mol. The standard InChI is InChI=1S/C34H36N2O2/c1-21-17-23(3)33(37)29(19-21)25(5)35-31(27-13-9-7-10-14-27)32(28-15-11-8-12-16-28)36-26(6)30-20-22(2)18-24(4)34(30)38/h7-20,31-32,37-38H,1-6H3/t31-,32-/m1/s1. The topological polar surface area (TPSA) is 65.2 Å². The van der Waals surface area contributed by atoms with Gasteiger partial charge in [0, 0.05) is 22.6 Å². The normalized spacial score (nSPS) is 13.8. The summed E-state index contributed by atoms with van der Waals surface area (Å²) in [4.78, 5) is 10.5. The molecule has 0 bridgehead atoms. The van der Waals surface area contributed by atoms with Crippen molar-refractivity contribution in [1.29, 1.82) is 0 Å². The minimum atomic E-state index is -0.359. The van der Waals surface area contributed by atoms with Crippen LogP contribution in [0.3, 0.4) is 0 Å². The van der Waals surface area contributed by atoms with Crippen molar-refractivity contribution >= 4 is 11.4 Å². The molecule has 0 aliphatic carbocycles. The first-order valence-electron chi connectivity index (χ1n) is 13.0. The SMILES string of the molecule is CC(=N[C@H](c1ccccc1)[C@H](N=C(C)c1cc(C)cc(C)c1O)c1ccccc1)c1cc(C)cc(C)c1O. The van der Waals surface area contributed by atoms with E-state index in [-0.39, 0.29) is 23.6 Å². The quantitative estimate of drug-likeness (QED) is 0.250. The summed E-state index contributed by atoms with van der Waals surface area (Å²) in [7, 11) is 0. The van der Waals surface area contributed by atoms with Crippen molar-refractivity contribution < 1.29 is 10.2 Å². The van der Waals surface area contributed by atoms with Crippen LogP contribution in [0.2, 0.25) is 0 Å². The third-order valence-electron chi connectivity index (χ3n) is 6.92. The molecule has 4 rings (SSSR count). The second kappa shape index (κ2) is 11.5. The van der Waals surface area contributed by atoms with Crippen LogP contribution in [0.1, 0.15) is 70.4 Å². The second-order valence-corrected chi connectivity index (χ2v) is 10.1. The summed E-state index contributed by atoms with van der Waals surface area (Å²) in [5.74, 6) is 0.500. The molecule has 0 unspecified atom stereocenters. The van der Waals surface area contributed by atoms with Gasteiger partial charge in [-0.15, -0.1) is 0 Å². The molecular formula is C34H36N2O2. The zero-order chi connectivity index (χ0) is 27.4. The minimum Gasteiger partial charge on any atom is -0.507 e. The van der Waals surface area contributed by atoms with E-state index in [1.54, 1.807) is 0 Å². The lowest BCUT2D eigenvalue weighted by Crippen LogP contribution is -2.13. The number of hydrogen-bond acceptors (Lipinski definition) is 4. The molecule has 194 valence electrons. The monoisotopic (exact) mass is 504 g/mol. The second-order valence-electron chi connectivity index (χ2n) is 10.1. The lowest BCUT2D eigenvalue weighted by molar-refractivity contribution is 0.468. The fourth-order valence-corrected chi connectivity index (χ4v) is 4.98. The molecule has 2 N–H and O–H groups in total. The largest absolute Gasteiger partial charge is 0.507 e. The Morgan fingerprint density at radius 1 is 0.553 bits per heavy atom. The van der Waals surface area contributed by atoms with Crippen molar-refractivity contribution in [2.75, 3.05) is 0 Å². The summed E-state index contributed by atoms with van der Waals surface area (Å²) >= 11 is 0. The molecule has 0 saturated heterocycles. The summed E-state index contributed by atoms with van der Waals surface area (Å²) in [6.45, 7) is 11.7. The molecule has 0 aliphatic heterocycles. The molecule has 0 radical (unpaired) electrons. The lowest BCUT2D eigenvalue weighted by atomic mass is 9.92. The van der Waals surface area contributed by atoms with Crippen LogP contribution >= 0.6 is 0 Å². The van der Waals surface area contributed by atoms with E-state index in [4.69, 9.17) is 9.98 Å². The van der Waals surface area contributed by atoms with Crippen molar-refractivity contribution in [3.63, 3.8) is 0 Å². The summed E-state index contributed by atoms with van der Waals surface area (Å²) < 4.78 is 0. The molecule has 4 aromatic rings. The van der Waals surface area contributed by atoms with Gasteiger partial charge in [-0.25, -0.2) is 0 Å². The molecule has 4 aromatic carbocycles. The Morgan fingerprint density at radius 2 is 0.895 bits per heavy atom. The lowest BCUT2D eigenvalue weighted by Gasteiger charge is -2.24. The van der Waals surface area contributed by atoms with Gasteiger partial charge in [-0.2, -0.15) is 0 Å². The molecule has 0 aromatic heterocycles. The van der Waals surface area contributed by atoms with Crippen LogP contribution in [-0.4, -0.2) is 21.6 Å². The number of phenolic OH excluding ortho intramolecular Hbond substituents is 2. The van der Waals surface area contributed by atoms with Crippen LogP contribution in [0.4, 0.5) is 0 Å². The Kier molecular flexibility index (Phi) is 8.11. The number of aryl methyl sites for hydroxylation is 4. The maximum atomic E-state index is 10.9. The molecule has 0 aliphatic rings.